The van der Waals surface area contributed by atoms with Crippen LogP contribution in [-0.2, 0) is 24.1 Å². The van der Waals surface area contributed by atoms with Crippen molar-refractivity contribution in [2.45, 2.75) is 19.3 Å². The van der Waals surface area contributed by atoms with Crippen molar-refractivity contribution in [1.29, 1.82) is 0 Å². The van der Waals surface area contributed by atoms with Crippen LogP contribution in [0.25, 0.3) is 27.5 Å². The molecule has 0 radical (unpaired) electrons. The van der Waals surface area contributed by atoms with Crippen molar-refractivity contribution in [3.8, 4) is 39.9 Å². The number of ether oxygens (including phenoxy) is 4. The highest BCUT2D eigenvalue weighted by atomic mass is 16.6. The highest BCUT2D eigenvalue weighted by molar-refractivity contribution is 6.26. The second kappa shape index (κ2) is 10.9. The Hall–Kier alpha value is -5.43. The summed E-state index contributed by atoms with van der Waals surface area (Å²) in [5, 5.41) is 23.2. The zero-order valence-electron chi connectivity index (χ0n) is 24.5. The van der Waals surface area contributed by atoms with E-state index in [2.05, 4.69) is 18.2 Å². The Morgan fingerprint density at radius 1 is 0.667 bits per heavy atom. The second-order valence-corrected chi connectivity index (χ2v) is 11.5. The van der Waals surface area contributed by atoms with Crippen molar-refractivity contribution < 1.29 is 34.0 Å². The molecule has 2 aliphatic carbocycles. The molecule has 5 aromatic carbocycles. The number of phenolic OH excluding ortho intramolecular Hbond substituents is 1. The first-order valence-corrected chi connectivity index (χ1v) is 15.1. The second-order valence-electron chi connectivity index (χ2n) is 11.5. The predicted molar refractivity (Wildman–Crippen MR) is 171 cm³/mol. The van der Waals surface area contributed by atoms with Crippen molar-refractivity contribution in [3.63, 3.8) is 0 Å². The van der Waals surface area contributed by atoms with Gasteiger partial charge in [0, 0.05) is 29.4 Å². The van der Waals surface area contributed by atoms with E-state index in [4.69, 9.17) is 18.9 Å². The van der Waals surface area contributed by atoms with Crippen molar-refractivity contribution in [3.05, 3.63) is 119 Å². The van der Waals surface area contributed by atoms with Crippen LogP contribution in [-0.4, -0.2) is 42.4 Å². The summed E-state index contributed by atoms with van der Waals surface area (Å²) in [4.78, 5) is 12.3. The minimum atomic E-state index is -0.0364. The van der Waals surface area contributed by atoms with Crippen LogP contribution >= 0.6 is 0 Å². The maximum absolute atomic E-state index is 12.3. The zero-order chi connectivity index (χ0) is 30.5. The number of hydrogen-bond acceptors (Lipinski definition) is 7. The molecule has 7 heteroatoms. The third-order valence-electron chi connectivity index (χ3n) is 8.78. The number of fused-ring (bicyclic) bond motifs is 9. The highest BCUT2D eigenvalue weighted by Gasteiger charge is 2.29. The molecule has 0 fully saturated rings. The summed E-state index contributed by atoms with van der Waals surface area (Å²) < 4.78 is 22.7. The van der Waals surface area contributed by atoms with E-state index in [-0.39, 0.29) is 18.0 Å². The summed E-state index contributed by atoms with van der Waals surface area (Å²) in [6.45, 7) is 2.13. The number of ketones is 1. The first-order valence-electron chi connectivity index (χ1n) is 15.1. The number of rotatable bonds is 2. The number of para-hydroxylation sites is 1. The number of Topliss-reactive ketones (excluding diaryl/α,β-unsaturated/α-hetero) is 1. The molecule has 2 heterocycles. The van der Waals surface area contributed by atoms with E-state index in [1.807, 2.05) is 66.7 Å². The first-order chi connectivity index (χ1) is 22.1. The molecule has 0 bridgehead atoms. The van der Waals surface area contributed by atoms with Gasteiger partial charge >= 0.3 is 0 Å². The molecule has 0 spiro atoms. The fourth-order valence-electron chi connectivity index (χ4n) is 6.82. The Labute approximate surface area is 259 Å². The molecule has 5 aromatic rings. The number of aliphatic hydroxyl groups excluding tert-OH is 1. The number of phenols is 1. The van der Waals surface area contributed by atoms with E-state index in [1.54, 1.807) is 0 Å². The van der Waals surface area contributed by atoms with Crippen LogP contribution in [0.15, 0.2) is 90.7 Å². The van der Waals surface area contributed by atoms with E-state index in [0.29, 0.717) is 55.7 Å². The molecular formula is C38H30O7. The third-order valence-corrected chi connectivity index (χ3v) is 8.78. The van der Waals surface area contributed by atoms with Crippen LogP contribution < -0.4 is 18.9 Å². The van der Waals surface area contributed by atoms with Crippen LogP contribution in [0.1, 0.15) is 27.8 Å². The Kier molecular flexibility index (Phi) is 6.59. The Balaban J connectivity index is 0.000000134. The predicted octanol–water partition coefficient (Wildman–Crippen LogP) is 6.98. The summed E-state index contributed by atoms with van der Waals surface area (Å²) in [7, 11) is 0. The topological polar surface area (TPSA) is 94.5 Å². The lowest BCUT2D eigenvalue weighted by atomic mass is 9.97. The minimum absolute atomic E-state index is 0.0364. The van der Waals surface area contributed by atoms with Gasteiger partial charge in [-0.3, -0.25) is 4.79 Å². The maximum Gasteiger partial charge on any atom is 0.171 e. The van der Waals surface area contributed by atoms with Crippen LogP contribution in [0.4, 0.5) is 0 Å². The number of carbonyl (C=O) groups excluding carboxylic acids is 1. The molecule has 4 aliphatic rings. The van der Waals surface area contributed by atoms with Gasteiger partial charge in [-0.05, 0) is 57.8 Å². The van der Waals surface area contributed by atoms with Gasteiger partial charge in [0.15, 0.2) is 28.8 Å². The molecule has 0 saturated carbocycles. The molecule has 0 aromatic heterocycles. The number of aliphatic hydroxyl groups is 1. The van der Waals surface area contributed by atoms with E-state index >= 15 is 0 Å². The number of carbonyl (C=O) groups is 1. The van der Waals surface area contributed by atoms with E-state index in [9.17, 15) is 15.0 Å². The normalized spacial score (nSPS) is 16.3. The average molecular weight is 599 g/mol. The minimum Gasteiger partial charge on any atom is -0.511 e. The van der Waals surface area contributed by atoms with Gasteiger partial charge in [-0.2, -0.15) is 0 Å². The lowest BCUT2D eigenvalue weighted by Crippen LogP contribution is -2.16. The highest BCUT2D eigenvalue weighted by Crippen LogP contribution is 2.49. The molecule has 2 N–H and O–H groups in total. The van der Waals surface area contributed by atoms with Gasteiger partial charge in [0.1, 0.15) is 37.9 Å². The monoisotopic (exact) mass is 598 g/mol. The lowest BCUT2D eigenvalue weighted by Gasteiger charge is -2.21. The molecule has 45 heavy (non-hydrogen) atoms. The Bertz CT molecular complexity index is 2040. The third kappa shape index (κ3) is 4.63. The molecule has 2 aliphatic heterocycles. The van der Waals surface area contributed by atoms with Gasteiger partial charge in [0.2, 0.25) is 0 Å². The maximum atomic E-state index is 12.3. The number of hydrogen-bond donors (Lipinski definition) is 2. The first kappa shape index (κ1) is 27.1. The molecule has 0 amide bonds. The molecular weight excluding hydrogens is 568 g/mol. The van der Waals surface area contributed by atoms with Crippen molar-refractivity contribution >= 4 is 22.1 Å². The Morgan fingerprint density at radius 3 is 2.13 bits per heavy atom. The van der Waals surface area contributed by atoms with Crippen LogP contribution in [0, 0.1) is 0 Å². The Morgan fingerprint density at radius 2 is 1.33 bits per heavy atom. The van der Waals surface area contributed by atoms with Gasteiger partial charge < -0.3 is 29.2 Å². The van der Waals surface area contributed by atoms with Gasteiger partial charge in [0.25, 0.3) is 0 Å². The van der Waals surface area contributed by atoms with Gasteiger partial charge in [-0.15, -0.1) is 0 Å². The summed E-state index contributed by atoms with van der Waals surface area (Å²) >= 11 is 0. The fourth-order valence-corrected chi connectivity index (χ4v) is 6.82. The number of aromatic hydroxyl groups is 1. The van der Waals surface area contributed by atoms with Crippen molar-refractivity contribution in [1.82, 2.24) is 0 Å². The molecule has 0 atom stereocenters. The molecule has 224 valence electrons. The van der Waals surface area contributed by atoms with Crippen LogP contribution in [0.2, 0.25) is 0 Å². The molecule has 0 unspecified atom stereocenters. The summed E-state index contributed by atoms with van der Waals surface area (Å²) in [5.41, 5.74) is 7.57. The van der Waals surface area contributed by atoms with E-state index < -0.39 is 0 Å². The lowest BCUT2D eigenvalue weighted by molar-refractivity contribution is -0.112. The van der Waals surface area contributed by atoms with E-state index in [0.717, 1.165) is 56.5 Å². The van der Waals surface area contributed by atoms with Crippen LogP contribution in [0.5, 0.6) is 28.7 Å². The van der Waals surface area contributed by atoms with E-state index in [1.165, 1.54) is 11.1 Å². The number of benzene rings is 5. The largest absolute Gasteiger partial charge is 0.511 e. The molecule has 0 saturated heterocycles. The SMILES string of the molecule is O=C1Cc2ccccc2C1=C(O)Cc1cccc2c1OCCO2.Oc1cc2c3c(ccc2c2c1-c1ccccc1C2)OCCO3. The molecule has 9 rings (SSSR count). The quantitative estimate of drug-likeness (QED) is 0.164. The van der Waals surface area contributed by atoms with Crippen molar-refractivity contribution in [2.75, 3.05) is 26.4 Å². The van der Waals surface area contributed by atoms with Gasteiger partial charge in [-0.1, -0.05) is 66.7 Å². The zero-order valence-corrected chi connectivity index (χ0v) is 24.5. The van der Waals surface area contributed by atoms with Crippen LogP contribution in [0.3, 0.4) is 0 Å². The fraction of sp³-hybridized carbons (Fsp3) is 0.184. The smallest absolute Gasteiger partial charge is 0.171 e. The summed E-state index contributed by atoms with van der Waals surface area (Å²) in [5.74, 6) is 3.21. The molecule has 7 nitrogen and oxygen atoms in total. The standard InChI is InChI=1S/C19H16O4.C19H14O3/c20-15-10-12-4-1-2-6-14(12)18(15)16(21)11-13-5-3-7-17-19(13)23-9-8-22-17;20-16-10-15-13(5-6-17-19(15)22-8-7-21-17)14-9-11-3-1-2-4-12(11)18(14)16/h1-7,21H,8-11H2;1-6,10,20H,7-9H2. The summed E-state index contributed by atoms with van der Waals surface area (Å²) in [6.07, 6.45) is 1.44. The van der Waals surface area contributed by atoms with Gasteiger partial charge in [-0.25, -0.2) is 0 Å². The van der Waals surface area contributed by atoms with Gasteiger partial charge in [0.05, 0.1) is 5.57 Å². The average Bonchev–Trinajstić information content (AvgIpc) is 3.63. The van der Waals surface area contributed by atoms with Crippen molar-refractivity contribution in [2.24, 2.45) is 0 Å². The summed E-state index contributed by atoms with van der Waals surface area (Å²) in [6, 6.07) is 27.3. The number of allylic oxidation sites excluding steroid dienone is 2.